The first kappa shape index (κ1) is 31.4. The standard InChI is InChI=1S/C58H41N/c1-3-13-42(14-4-1)45-25-28-48(29-26-45)57-23-9-10-24-58(57)59(55-35-31-46(32-36-55)51-20-11-19-50(39-51)43-15-5-2-6-16-43)56-37-33-47(34-38-56)52-21-12-22-53(40-52)54-30-27-44-17-7-8-18-49(44)41-54/h1-41H/i33D,34D,37D,38D. The second-order valence-electron chi connectivity index (χ2n) is 14.7. The normalized spacial score (nSPS) is 12.0. The molecule has 0 amide bonds. The molecule has 0 bridgehead atoms. The molecule has 10 aromatic carbocycles. The van der Waals surface area contributed by atoms with E-state index in [4.69, 9.17) is 0 Å². The van der Waals surface area contributed by atoms with Gasteiger partial charge in [-0.25, -0.2) is 0 Å². The molecule has 0 aliphatic heterocycles. The molecule has 0 aromatic heterocycles. The lowest BCUT2D eigenvalue weighted by Crippen LogP contribution is -2.11. The summed E-state index contributed by atoms with van der Waals surface area (Å²) in [7, 11) is 0. The van der Waals surface area contributed by atoms with Gasteiger partial charge >= 0.3 is 0 Å². The molecule has 10 rings (SSSR count). The Morgan fingerprint density at radius 3 is 1.34 bits per heavy atom. The first-order valence-corrected chi connectivity index (χ1v) is 19.9. The van der Waals surface area contributed by atoms with E-state index >= 15 is 0 Å². The summed E-state index contributed by atoms with van der Waals surface area (Å²) in [5.74, 6) is 0. The molecule has 0 N–H and O–H groups in total. The molecule has 0 radical (unpaired) electrons. The van der Waals surface area contributed by atoms with E-state index in [0.717, 1.165) is 72.1 Å². The second kappa shape index (κ2) is 16.0. The number of anilines is 3. The van der Waals surface area contributed by atoms with Crippen molar-refractivity contribution in [1.82, 2.24) is 0 Å². The van der Waals surface area contributed by atoms with Gasteiger partial charge in [-0.3, -0.25) is 0 Å². The van der Waals surface area contributed by atoms with Crippen LogP contribution in [0.5, 0.6) is 0 Å². The van der Waals surface area contributed by atoms with Crippen LogP contribution in [0.15, 0.2) is 249 Å². The molecule has 0 spiro atoms. The Balaban J connectivity index is 1.10. The van der Waals surface area contributed by atoms with Crippen LogP contribution in [0.4, 0.5) is 17.1 Å². The average molecular weight is 756 g/mol. The van der Waals surface area contributed by atoms with E-state index in [9.17, 15) is 5.48 Å². The molecule has 0 atom stereocenters. The molecule has 0 heterocycles. The SMILES string of the molecule is [2H]c1c([2H])c(N(c2ccc(-c3cccc(-c4ccccc4)c3)cc2)c2ccccc2-c2ccc(-c3ccccc3)cc2)c([2H])c([2H])c1-c1cccc(-c2ccc3ccccc3c2)c1. The minimum atomic E-state index is -0.129. The highest BCUT2D eigenvalue weighted by molar-refractivity contribution is 5.91. The zero-order valence-electron chi connectivity index (χ0n) is 36.3. The van der Waals surface area contributed by atoms with Gasteiger partial charge < -0.3 is 4.90 Å². The summed E-state index contributed by atoms with van der Waals surface area (Å²) >= 11 is 0. The number of para-hydroxylation sites is 1. The summed E-state index contributed by atoms with van der Waals surface area (Å²) in [5.41, 5.74) is 12.9. The molecule has 278 valence electrons. The van der Waals surface area contributed by atoms with Gasteiger partial charge in [-0.2, -0.15) is 0 Å². The fourth-order valence-electron chi connectivity index (χ4n) is 7.87. The van der Waals surface area contributed by atoms with Crippen molar-refractivity contribution < 1.29 is 5.48 Å². The summed E-state index contributed by atoms with van der Waals surface area (Å²) in [6, 6.07) is 75.5. The Kier molecular flexibility index (Phi) is 8.51. The van der Waals surface area contributed by atoms with Gasteiger partial charge in [0.2, 0.25) is 0 Å². The Hall–Kier alpha value is -7.74. The van der Waals surface area contributed by atoms with Crippen LogP contribution in [0.1, 0.15) is 5.48 Å². The maximum absolute atomic E-state index is 9.71. The Morgan fingerprint density at radius 1 is 0.254 bits per heavy atom. The van der Waals surface area contributed by atoms with Crippen molar-refractivity contribution in [2.75, 3.05) is 4.90 Å². The predicted molar refractivity (Wildman–Crippen MR) is 251 cm³/mol. The fraction of sp³-hybridized carbons (Fsp3) is 0. The van der Waals surface area contributed by atoms with Crippen molar-refractivity contribution in [3.05, 3.63) is 249 Å². The number of fused-ring (bicyclic) bond motifs is 1. The zero-order chi connectivity index (χ0) is 42.9. The zero-order valence-corrected chi connectivity index (χ0v) is 32.3. The van der Waals surface area contributed by atoms with E-state index in [1.807, 2.05) is 114 Å². The molecule has 1 nitrogen and oxygen atoms in total. The molecular formula is C58H41N. The number of hydrogen-bond donors (Lipinski definition) is 0. The molecule has 0 aliphatic carbocycles. The van der Waals surface area contributed by atoms with Crippen molar-refractivity contribution in [1.29, 1.82) is 0 Å². The Morgan fingerprint density at radius 2 is 0.678 bits per heavy atom. The molecule has 0 aliphatic rings. The molecule has 0 saturated carbocycles. The monoisotopic (exact) mass is 755 g/mol. The van der Waals surface area contributed by atoms with E-state index in [-0.39, 0.29) is 35.4 Å². The Labute approximate surface area is 352 Å². The van der Waals surface area contributed by atoms with Gasteiger partial charge in [0.25, 0.3) is 0 Å². The van der Waals surface area contributed by atoms with E-state index in [2.05, 4.69) is 115 Å². The van der Waals surface area contributed by atoms with E-state index in [1.54, 1.807) is 0 Å². The first-order valence-electron chi connectivity index (χ1n) is 21.9. The van der Waals surface area contributed by atoms with E-state index in [1.165, 1.54) is 0 Å². The van der Waals surface area contributed by atoms with Crippen LogP contribution < -0.4 is 4.90 Å². The number of benzene rings is 10. The van der Waals surface area contributed by atoms with Gasteiger partial charge in [0.15, 0.2) is 0 Å². The first-order chi connectivity index (χ1) is 30.9. The number of hydrogen-bond acceptors (Lipinski definition) is 1. The van der Waals surface area contributed by atoms with Gasteiger partial charge in [-0.05, 0) is 120 Å². The van der Waals surface area contributed by atoms with Crippen LogP contribution in [0.2, 0.25) is 0 Å². The van der Waals surface area contributed by atoms with Gasteiger partial charge in [-0.15, -0.1) is 0 Å². The molecule has 0 fully saturated rings. The third-order valence-corrected chi connectivity index (χ3v) is 10.9. The van der Waals surface area contributed by atoms with Gasteiger partial charge in [-0.1, -0.05) is 200 Å². The fourth-order valence-corrected chi connectivity index (χ4v) is 7.87. The Bertz CT molecular complexity index is 3230. The minimum absolute atomic E-state index is 0.106. The quantitative estimate of drug-likeness (QED) is 0.142. The summed E-state index contributed by atoms with van der Waals surface area (Å²) in [6.45, 7) is 0. The minimum Gasteiger partial charge on any atom is -0.310 e. The van der Waals surface area contributed by atoms with E-state index < -0.39 is 0 Å². The van der Waals surface area contributed by atoms with Crippen molar-refractivity contribution in [3.63, 3.8) is 0 Å². The third-order valence-electron chi connectivity index (χ3n) is 10.9. The van der Waals surface area contributed by atoms with Crippen LogP contribution in [0.3, 0.4) is 0 Å². The largest absolute Gasteiger partial charge is 0.310 e. The summed E-state index contributed by atoms with van der Waals surface area (Å²) < 4.78 is 38.5. The van der Waals surface area contributed by atoms with Crippen LogP contribution in [-0.2, 0) is 0 Å². The summed E-state index contributed by atoms with van der Waals surface area (Å²) in [5, 5.41) is 2.27. The highest BCUT2D eigenvalue weighted by Gasteiger charge is 2.18. The molecule has 10 aromatic rings. The van der Waals surface area contributed by atoms with Crippen LogP contribution in [-0.4, -0.2) is 0 Å². The van der Waals surface area contributed by atoms with Crippen LogP contribution in [0.25, 0.3) is 77.5 Å². The summed E-state index contributed by atoms with van der Waals surface area (Å²) in [6.07, 6.45) is 0. The second-order valence-corrected chi connectivity index (χ2v) is 14.7. The van der Waals surface area contributed by atoms with Crippen molar-refractivity contribution in [2.45, 2.75) is 0 Å². The van der Waals surface area contributed by atoms with Crippen LogP contribution in [0, 0.1) is 0 Å². The van der Waals surface area contributed by atoms with Crippen molar-refractivity contribution in [3.8, 4) is 66.8 Å². The summed E-state index contributed by atoms with van der Waals surface area (Å²) in [4.78, 5) is 1.89. The van der Waals surface area contributed by atoms with Gasteiger partial charge in [0.1, 0.15) is 0 Å². The van der Waals surface area contributed by atoms with Gasteiger partial charge in [0, 0.05) is 16.9 Å². The molecule has 0 saturated heterocycles. The average Bonchev–Trinajstić information content (AvgIpc) is 3.35. The van der Waals surface area contributed by atoms with Gasteiger partial charge in [0.05, 0.1) is 11.2 Å². The van der Waals surface area contributed by atoms with Crippen molar-refractivity contribution >= 4 is 27.8 Å². The lowest BCUT2D eigenvalue weighted by atomic mass is 9.96. The lowest BCUT2D eigenvalue weighted by Gasteiger charge is -2.28. The highest BCUT2D eigenvalue weighted by Crippen LogP contribution is 2.42. The predicted octanol–water partition coefficient (Wildman–Crippen LogP) is 16.3. The number of rotatable bonds is 9. The molecular weight excluding hydrogens is 711 g/mol. The lowest BCUT2D eigenvalue weighted by molar-refractivity contribution is 1.28. The van der Waals surface area contributed by atoms with E-state index in [0.29, 0.717) is 11.3 Å². The third kappa shape index (κ3) is 7.46. The smallest absolute Gasteiger partial charge is 0.0645 e. The van der Waals surface area contributed by atoms with Crippen molar-refractivity contribution in [2.24, 2.45) is 0 Å². The maximum Gasteiger partial charge on any atom is 0.0645 e. The topological polar surface area (TPSA) is 3.24 Å². The number of nitrogens with zero attached hydrogens (tertiary/aromatic N) is 1. The molecule has 0 unspecified atom stereocenters. The molecule has 1 heteroatoms. The maximum atomic E-state index is 9.71. The highest BCUT2D eigenvalue weighted by atomic mass is 15.1. The van der Waals surface area contributed by atoms with Crippen LogP contribution >= 0.6 is 0 Å². The molecule has 59 heavy (non-hydrogen) atoms.